The van der Waals surface area contributed by atoms with Gasteiger partial charge in [0.15, 0.2) is 0 Å². The number of pyridine rings is 1. The summed E-state index contributed by atoms with van der Waals surface area (Å²) in [5, 5.41) is 0. The van der Waals surface area contributed by atoms with Crippen LogP contribution in [0.1, 0.15) is 55.3 Å². The Kier molecular flexibility index (Phi) is 5.77. The minimum atomic E-state index is 0.769. The van der Waals surface area contributed by atoms with E-state index >= 15 is 0 Å². The molecule has 0 unspecified atom stereocenters. The predicted molar refractivity (Wildman–Crippen MR) is 98.6 cm³/mol. The van der Waals surface area contributed by atoms with Crippen molar-refractivity contribution in [3.05, 3.63) is 23.0 Å². The molecule has 3 rings (SSSR count). The summed E-state index contributed by atoms with van der Waals surface area (Å²) in [5.74, 6) is 0.996. The van der Waals surface area contributed by atoms with E-state index in [2.05, 4.69) is 35.7 Å². The largest absolute Gasteiger partial charge is 0.496 e. The lowest BCUT2D eigenvalue weighted by Gasteiger charge is -2.39. The lowest BCUT2D eigenvalue weighted by atomic mass is 10.0. The van der Waals surface area contributed by atoms with Gasteiger partial charge in [0.05, 0.1) is 12.8 Å². The molecule has 0 spiro atoms. The normalized spacial score (nSPS) is 20.9. The number of rotatable bonds is 5. The number of hydrogen-bond donors (Lipinski definition) is 0. The molecule has 4 heteroatoms. The smallest absolute Gasteiger partial charge is 0.128 e. The second kappa shape index (κ2) is 7.83. The topological polar surface area (TPSA) is 28.6 Å². The van der Waals surface area contributed by atoms with Crippen LogP contribution in [-0.4, -0.2) is 54.1 Å². The zero-order chi connectivity index (χ0) is 17.1. The molecular weight excluding hydrogens is 298 g/mol. The van der Waals surface area contributed by atoms with Crippen LogP contribution in [0.4, 0.5) is 0 Å². The van der Waals surface area contributed by atoms with Crippen molar-refractivity contribution in [2.24, 2.45) is 0 Å². The number of ether oxygens (including phenoxy) is 1. The highest BCUT2D eigenvalue weighted by Gasteiger charge is 2.28. The third kappa shape index (κ3) is 3.75. The number of methoxy groups -OCH3 is 1. The first-order valence-corrected chi connectivity index (χ1v) is 9.53. The van der Waals surface area contributed by atoms with Crippen molar-refractivity contribution in [1.29, 1.82) is 0 Å². The molecular formula is C20H33N3O. The first-order valence-electron chi connectivity index (χ1n) is 9.53. The maximum absolute atomic E-state index is 5.55. The van der Waals surface area contributed by atoms with E-state index in [0.29, 0.717) is 0 Å². The molecule has 2 aliphatic rings. The van der Waals surface area contributed by atoms with Gasteiger partial charge in [-0.2, -0.15) is 0 Å². The van der Waals surface area contributed by atoms with Crippen molar-refractivity contribution in [2.45, 2.75) is 71.0 Å². The van der Waals surface area contributed by atoms with Gasteiger partial charge < -0.3 is 9.64 Å². The van der Waals surface area contributed by atoms with Gasteiger partial charge in [-0.1, -0.05) is 12.8 Å². The van der Waals surface area contributed by atoms with Crippen LogP contribution < -0.4 is 4.74 Å². The molecule has 134 valence electrons. The van der Waals surface area contributed by atoms with Crippen LogP contribution in [0.5, 0.6) is 5.75 Å². The van der Waals surface area contributed by atoms with E-state index in [-0.39, 0.29) is 0 Å². The number of nitrogens with zero attached hydrogens (tertiary/aromatic N) is 3. The third-order valence-corrected chi connectivity index (χ3v) is 6.16. The zero-order valence-corrected chi connectivity index (χ0v) is 15.8. The average molecular weight is 332 g/mol. The van der Waals surface area contributed by atoms with Crippen LogP contribution in [0.15, 0.2) is 6.20 Å². The second-order valence-electron chi connectivity index (χ2n) is 7.66. The fourth-order valence-corrected chi connectivity index (χ4v) is 4.54. The molecule has 24 heavy (non-hydrogen) atoms. The summed E-state index contributed by atoms with van der Waals surface area (Å²) >= 11 is 0. The molecule has 2 fully saturated rings. The van der Waals surface area contributed by atoms with E-state index in [9.17, 15) is 0 Å². The molecule has 0 radical (unpaired) electrons. The van der Waals surface area contributed by atoms with Crippen LogP contribution in [-0.2, 0) is 6.54 Å². The first kappa shape index (κ1) is 17.7. The quantitative estimate of drug-likeness (QED) is 0.825. The number of aromatic nitrogens is 1. The van der Waals surface area contributed by atoms with Crippen LogP contribution in [0, 0.1) is 13.8 Å². The molecule has 0 bridgehead atoms. The predicted octanol–water partition coefficient (Wildman–Crippen LogP) is 3.55. The third-order valence-electron chi connectivity index (χ3n) is 6.16. The maximum atomic E-state index is 5.55. The number of hydrogen-bond acceptors (Lipinski definition) is 4. The van der Waals surface area contributed by atoms with Crippen LogP contribution >= 0.6 is 0 Å². The lowest BCUT2D eigenvalue weighted by molar-refractivity contribution is 0.0938. The Morgan fingerprint density at radius 2 is 1.75 bits per heavy atom. The Balaban J connectivity index is 1.56. The monoisotopic (exact) mass is 331 g/mol. The Morgan fingerprint density at radius 3 is 2.38 bits per heavy atom. The molecule has 0 atom stereocenters. The van der Waals surface area contributed by atoms with E-state index in [4.69, 9.17) is 4.74 Å². The standard InChI is InChI=1S/C20H33N3O/c1-15-13-21-19(16(2)20(15)24-4)14-23-11-9-18(10-12-23)22(3)17-7-5-6-8-17/h13,17-18H,5-12,14H2,1-4H3. The van der Waals surface area contributed by atoms with E-state index in [1.807, 2.05) is 6.20 Å². The van der Waals surface area contributed by atoms with Crippen molar-refractivity contribution >= 4 is 0 Å². The Morgan fingerprint density at radius 1 is 1.12 bits per heavy atom. The van der Waals surface area contributed by atoms with Crippen molar-refractivity contribution < 1.29 is 4.74 Å². The van der Waals surface area contributed by atoms with Gasteiger partial charge in [0.2, 0.25) is 0 Å². The summed E-state index contributed by atoms with van der Waals surface area (Å²) in [6, 6.07) is 1.61. The highest BCUT2D eigenvalue weighted by Crippen LogP contribution is 2.28. The van der Waals surface area contributed by atoms with Crippen molar-refractivity contribution in [3.8, 4) is 5.75 Å². The van der Waals surface area contributed by atoms with Gasteiger partial charge >= 0.3 is 0 Å². The fraction of sp³-hybridized carbons (Fsp3) is 0.750. The zero-order valence-electron chi connectivity index (χ0n) is 15.8. The van der Waals surface area contributed by atoms with E-state index < -0.39 is 0 Å². The Labute approximate surface area is 147 Å². The molecule has 0 amide bonds. The van der Waals surface area contributed by atoms with E-state index in [0.717, 1.165) is 29.9 Å². The molecule has 1 saturated carbocycles. The molecule has 0 N–H and O–H groups in total. The second-order valence-corrected chi connectivity index (χ2v) is 7.66. The van der Waals surface area contributed by atoms with Crippen molar-refractivity contribution in [2.75, 3.05) is 27.2 Å². The Bertz CT molecular complexity index is 546. The minimum absolute atomic E-state index is 0.769. The number of piperidine rings is 1. The van der Waals surface area contributed by atoms with E-state index in [1.54, 1.807) is 7.11 Å². The molecule has 2 heterocycles. The minimum Gasteiger partial charge on any atom is -0.496 e. The summed E-state index contributed by atoms with van der Waals surface area (Å²) in [5.41, 5.74) is 3.48. The van der Waals surface area contributed by atoms with Gasteiger partial charge in [-0.25, -0.2) is 0 Å². The summed E-state index contributed by atoms with van der Waals surface area (Å²) < 4.78 is 5.55. The Hall–Kier alpha value is -1.13. The molecule has 1 aromatic heterocycles. The molecule has 1 aliphatic carbocycles. The van der Waals surface area contributed by atoms with Gasteiger partial charge in [0.1, 0.15) is 5.75 Å². The fourth-order valence-electron chi connectivity index (χ4n) is 4.54. The lowest BCUT2D eigenvalue weighted by Crippen LogP contribution is -2.46. The van der Waals surface area contributed by atoms with Gasteiger partial charge in [-0.15, -0.1) is 0 Å². The van der Waals surface area contributed by atoms with Gasteiger partial charge in [-0.3, -0.25) is 9.88 Å². The average Bonchev–Trinajstić information content (AvgIpc) is 3.12. The molecule has 1 saturated heterocycles. The highest BCUT2D eigenvalue weighted by atomic mass is 16.5. The molecule has 4 nitrogen and oxygen atoms in total. The van der Waals surface area contributed by atoms with Crippen molar-refractivity contribution in [1.82, 2.24) is 14.8 Å². The summed E-state index contributed by atoms with van der Waals surface area (Å²) in [6.07, 6.45) is 10.2. The van der Waals surface area contributed by atoms with Crippen LogP contribution in [0.25, 0.3) is 0 Å². The van der Waals surface area contributed by atoms with Gasteiger partial charge in [-0.05, 0) is 46.6 Å². The van der Waals surface area contributed by atoms with Crippen molar-refractivity contribution in [3.63, 3.8) is 0 Å². The first-order chi connectivity index (χ1) is 11.6. The summed E-state index contributed by atoms with van der Waals surface area (Å²) in [7, 11) is 4.11. The molecule has 0 aromatic carbocycles. The van der Waals surface area contributed by atoms with Gasteiger partial charge in [0, 0.05) is 49.0 Å². The molecule has 1 aliphatic heterocycles. The maximum Gasteiger partial charge on any atom is 0.128 e. The van der Waals surface area contributed by atoms with E-state index in [1.165, 1.54) is 62.9 Å². The summed E-state index contributed by atoms with van der Waals surface area (Å²) in [4.78, 5) is 9.91. The highest BCUT2D eigenvalue weighted by molar-refractivity contribution is 5.41. The van der Waals surface area contributed by atoms with Crippen LogP contribution in [0.2, 0.25) is 0 Å². The van der Waals surface area contributed by atoms with Gasteiger partial charge in [0.25, 0.3) is 0 Å². The molecule has 1 aromatic rings. The van der Waals surface area contributed by atoms with Crippen LogP contribution in [0.3, 0.4) is 0 Å². The SMILES string of the molecule is COc1c(C)cnc(CN2CCC(N(C)C3CCCC3)CC2)c1C. The number of aryl methyl sites for hydroxylation is 1. The summed E-state index contributed by atoms with van der Waals surface area (Å²) in [6.45, 7) is 7.50. The number of likely N-dealkylation sites (tertiary alicyclic amines) is 1.